The van der Waals surface area contributed by atoms with Crippen LogP contribution in [0.2, 0.25) is 0 Å². The van der Waals surface area contributed by atoms with Gasteiger partial charge in [0.05, 0.1) is 17.2 Å². The van der Waals surface area contributed by atoms with Gasteiger partial charge in [-0.25, -0.2) is 9.48 Å². The van der Waals surface area contributed by atoms with Crippen molar-refractivity contribution >= 4 is 17.8 Å². The van der Waals surface area contributed by atoms with Gasteiger partial charge in [-0.15, -0.1) is 0 Å². The molecule has 130 valence electrons. The van der Waals surface area contributed by atoms with Crippen LogP contribution in [-0.2, 0) is 11.3 Å². The molecule has 3 rings (SSSR count). The van der Waals surface area contributed by atoms with Gasteiger partial charge in [-0.05, 0) is 31.5 Å². The zero-order valence-electron chi connectivity index (χ0n) is 14.2. The van der Waals surface area contributed by atoms with E-state index in [9.17, 15) is 9.59 Å². The van der Waals surface area contributed by atoms with Gasteiger partial charge < -0.3 is 15.3 Å². The van der Waals surface area contributed by atoms with Crippen molar-refractivity contribution in [3.05, 3.63) is 53.0 Å². The van der Waals surface area contributed by atoms with E-state index in [1.165, 1.54) is 18.5 Å². The fourth-order valence-electron chi connectivity index (χ4n) is 2.91. The normalized spacial score (nSPS) is 16.6. The third kappa shape index (κ3) is 2.98. The topological polar surface area (TPSA) is 100 Å². The van der Waals surface area contributed by atoms with E-state index in [-0.39, 0.29) is 17.5 Å². The van der Waals surface area contributed by atoms with E-state index in [1.807, 2.05) is 25.8 Å². The van der Waals surface area contributed by atoms with Crippen LogP contribution in [0.1, 0.15) is 35.8 Å². The first-order chi connectivity index (χ1) is 11.9. The second kappa shape index (κ2) is 6.39. The molecule has 1 aromatic carbocycles. The highest BCUT2D eigenvalue weighted by atomic mass is 16.4. The lowest BCUT2D eigenvalue weighted by atomic mass is 10.0. The number of carbonyl (C=O) groups is 2. The zero-order valence-corrected chi connectivity index (χ0v) is 14.2. The molecular formula is C17H19N5O3. The summed E-state index contributed by atoms with van der Waals surface area (Å²) in [5, 5.41) is 16.0. The third-order valence-corrected chi connectivity index (χ3v) is 4.43. The fourth-order valence-corrected chi connectivity index (χ4v) is 2.91. The van der Waals surface area contributed by atoms with E-state index in [1.54, 1.807) is 16.8 Å². The Bertz CT molecular complexity index is 853. The van der Waals surface area contributed by atoms with Crippen molar-refractivity contribution in [1.29, 1.82) is 0 Å². The number of carboxylic acids is 1. The van der Waals surface area contributed by atoms with E-state index in [0.717, 1.165) is 11.3 Å². The number of fused-ring (bicyclic) bond motifs is 1. The Hall–Kier alpha value is -3.16. The molecule has 25 heavy (non-hydrogen) atoms. The number of hydrogen-bond acceptors (Lipinski definition) is 5. The average molecular weight is 341 g/mol. The fraction of sp³-hybridized carbons (Fsp3) is 0.294. The molecule has 0 saturated heterocycles. The highest BCUT2D eigenvalue weighted by Gasteiger charge is 2.31. The van der Waals surface area contributed by atoms with E-state index in [2.05, 4.69) is 15.4 Å². The van der Waals surface area contributed by atoms with Crippen LogP contribution in [0, 0.1) is 0 Å². The van der Waals surface area contributed by atoms with Crippen molar-refractivity contribution < 1.29 is 14.7 Å². The molecular weight excluding hydrogens is 322 g/mol. The maximum absolute atomic E-state index is 12.7. The highest BCUT2D eigenvalue weighted by molar-refractivity contribution is 5.96. The maximum Gasteiger partial charge on any atom is 0.335 e. The molecule has 1 aromatic heterocycles. The second-order valence-electron chi connectivity index (χ2n) is 5.92. The molecule has 0 aliphatic carbocycles. The molecule has 2 N–H and O–H groups in total. The Kier molecular flexibility index (Phi) is 4.26. The molecule has 1 aliphatic heterocycles. The lowest BCUT2D eigenvalue weighted by molar-refractivity contribution is -0.118. The smallest absolute Gasteiger partial charge is 0.335 e. The zero-order chi connectivity index (χ0) is 18.1. The molecule has 0 fully saturated rings. The average Bonchev–Trinajstić information content (AvgIpc) is 3.09. The van der Waals surface area contributed by atoms with Gasteiger partial charge in [-0.3, -0.25) is 4.79 Å². The quantitative estimate of drug-likeness (QED) is 0.876. The van der Waals surface area contributed by atoms with Gasteiger partial charge in [0.15, 0.2) is 0 Å². The van der Waals surface area contributed by atoms with Crippen molar-refractivity contribution in [1.82, 2.24) is 20.1 Å². The summed E-state index contributed by atoms with van der Waals surface area (Å²) in [6, 6.07) is 6.21. The monoisotopic (exact) mass is 341 g/mol. The predicted octanol–water partition coefficient (Wildman–Crippen LogP) is 1.58. The molecule has 2 aromatic rings. The predicted molar refractivity (Wildman–Crippen MR) is 91.1 cm³/mol. The minimum absolute atomic E-state index is 0.180. The first kappa shape index (κ1) is 16.7. The van der Waals surface area contributed by atoms with Gasteiger partial charge in [0.25, 0.3) is 5.91 Å². The van der Waals surface area contributed by atoms with E-state index in [0.29, 0.717) is 18.1 Å². The molecule has 1 unspecified atom stereocenters. The number of allylic oxidation sites excluding steroid dienone is 1. The minimum atomic E-state index is -0.973. The molecule has 1 atom stereocenters. The third-order valence-electron chi connectivity index (χ3n) is 4.43. The molecule has 0 saturated carbocycles. The SMILES string of the molecule is CC1=C(C(=O)NCc2ccc(C(=O)O)cc2)C(C)n2ncnc2N1C. The van der Waals surface area contributed by atoms with Crippen molar-refractivity contribution in [3.8, 4) is 0 Å². The Morgan fingerprint density at radius 3 is 2.60 bits per heavy atom. The van der Waals surface area contributed by atoms with Crippen LogP contribution in [0.25, 0.3) is 0 Å². The summed E-state index contributed by atoms with van der Waals surface area (Å²) in [6.45, 7) is 4.10. The minimum Gasteiger partial charge on any atom is -0.478 e. The Morgan fingerprint density at radius 1 is 1.28 bits per heavy atom. The standard InChI is InChI=1S/C17H19N5O3/c1-10-14(11(2)22-17(21(10)3)19-9-20-22)15(23)18-8-12-4-6-13(7-5-12)16(24)25/h4-7,9,11H,8H2,1-3H3,(H,18,23)(H,24,25). The largest absolute Gasteiger partial charge is 0.478 e. The molecule has 2 heterocycles. The van der Waals surface area contributed by atoms with Crippen LogP contribution in [0.5, 0.6) is 0 Å². The molecule has 1 aliphatic rings. The van der Waals surface area contributed by atoms with Gasteiger partial charge in [0, 0.05) is 19.3 Å². The van der Waals surface area contributed by atoms with Gasteiger partial charge in [-0.1, -0.05) is 12.1 Å². The number of aromatic nitrogens is 3. The van der Waals surface area contributed by atoms with Gasteiger partial charge in [0.2, 0.25) is 5.95 Å². The van der Waals surface area contributed by atoms with Crippen LogP contribution in [0.15, 0.2) is 41.9 Å². The molecule has 0 spiro atoms. The van der Waals surface area contributed by atoms with E-state index >= 15 is 0 Å². The van der Waals surface area contributed by atoms with Crippen molar-refractivity contribution in [2.75, 3.05) is 11.9 Å². The number of nitrogens with one attached hydrogen (secondary N) is 1. The van der Waals surface area contributed by atoms with Crippen molar-refractivity contribution in [2.45, 2.75) is 26.4 Å². The van der Waals surface area contributed by atoms with Crippen LogP contribution in [-0.4, -0.2) is 38.8 Å². The Balaban J connectivity index is 1.74. The number of nitrogens with zero attached hydrogens (tertiary/aromatic N) is 4. The first-order valence-corrected chi connectivity index (χ1v) is 7.84. The number of anilines is 1. The molecule has 0 radical (unpaired) electrons. The Labute approximate surface area is 144 Å². The molecule has 8 nitrogen and oxygen atoms in total. The van der Waals surface area contributed by atoms with Crippen LogP contribution < -0.4 is 10.2 Å². The van der Waals surface area contributed by atoms with Gasteiger partial charge >= 0.3 is 5.97 Å². The van der Waals surface area contributed by atoms with E-state index < -0.39 is 5.97 Å². The first-order valence-electron chi connectivity index (χ1n) is 7.84. The number of rotatable bonds is 4. The second-order valence-corrected chi connectivity index (χ2v) is 5.92. The van der Waals surface area contributed by atoms with Gasteiger partial charge in [-0.2, -0.15) is 10.1 Å². The number of aromatic carboxylic acids is 1. The summed E-state index contributed by atoms with van der Waals surface area (Å²) in [4.78, 5) is 29.6. The lowest BCUT2D eigenvalue weighted by Gasteiger charge is -2.31. The number of hydrogen-bond donors (Lipinski definition) is 2. The summed E-state index contributed by atoms with van der Waals surface area (Å²) in [5.74, 6) is -0.454. The van der Waals surface area contributed by atoms with E-state index in [4.69, 9.17) is 5.11 Å². The lowest BCUT2D eigenvalue weighted by Crippen LogP contribution is -2.36. The maximum atomic E-state index is 12.7. The summed E-state index contributed by atoms with van der Waals surface area (Å²) >= 11 is 0. The summed E-state index contributed by atoms with van der Waals surface area (Å²) < 4.78 is 1.71. The van der Waals surface area contributed by atoms with Crippen LogP contribution in [0.4, 0.5) is 5.95 Å². The summed E-state index contributed by atoms with van der Waals surface area (Å²) in [7, 11) is 1.85. The number of carbonyl (C=O) groups excluding carboxylic acids is 1. The molecule has 0 bridgehead atoms. The molecule has 8 heteroatoms. The van der Waals surface area contributed by atoms with Crippen molar-refractivity contribution in [2.24, 2.45) is 0 Å². The number of carboxylic acid groups (broad SMARTS) is 1. The number of amides is 1. The Morgan fingerprint density at radius 2 is 1.96 bits per heavy atom. The van der Waals surface area contributed by atoms with Crippen molar-refractivity contribution in [3.63, 3.8) is 0 Å². The highest BCUT2D eigenvalue weighted by Crippen LogP contribution is 2.32. The van der Waals surface area contributed by atoms with Crippen LogP contribution >= 0.6 is 0 Å². The van der Waals surface area contributed by atoms with Gasteiger partial charge in [0.1, 0.15) is 6.33 Å². The summed E-state index contributed by atoms with van der Waals surface area (Å²) in [5.41, 5.74) is 2.50. The molecule has 1 amide bonds. The summed E-state index contributed by atoms with van der Waals surface area (Å²) in [6.07, 6.45) is 1.47. The number of benzene rings is 1. The van der Waals surface area contributed by atoms with Crippen LogP contribution in [0.3, 0.4) is 0 Å².